The second-order valence-corrected chi connectivity index (χ2v) is 6.87. The van der Waals surface area contributed by atoms with Crippen LogP contribution in [0.4, 0.5) is 5.69 Å². The summed E-state index contributed by atoms with van der Waals surface area (Å²) < 4.78 is 5.88. The molecule has 1 aliphatic rings. The molecule has 138 valence electrons. The zero-order chi connectivity index (χ0) is 18.5. The fourth-order valence-corrected chi connectivity index (χ4v) is 3.26. The van der Waals surface area contributed by atoms with Gasteiger partial charge in [0.2, 0.25) is 0 Å². The fourth-order valence-electron chi connectivity index (χ4n) is 3.26. The molecule has 1 atom stereocenters. The van der Waals surface area contributed by atoms with Crippen LogP contribution in [-0.2, 0) is 11.3 Å². The van der Waals surface area contributed by atoms with E-state index in [1.165, 1.54) is 5.56 Å². The number of anilines is 1. The van der Waals surface area contributed by atoms with Gasteiger partial charge in [-0.05, 0) is 43.2 Å². The highest BCUT2D eigenvalue weighted by atomic mass is 16.5. The predicted molar refractivity (Wildman–Crippen MR) is 104 cm³/mol. The zero-order valence-electron chi connectivity index (χ0n) is 15.5. The second kappa shape index (κ2) is 8.23. The van der Waals surface area contributed by atoms with E-state index < -0.39 is 6.10 Å². The highest BCUT2D eigenvalue weighted by molar-refractivity contribution is 5.81. The normalized spacial score (nSPS) is 16.3. The summed E-state index contributed by atoms with van der Waals surface area (Å²) >= 11 is 0. The number of benzene rings is 2. The van der Waals surface area contributed by atoms with Gasteiger partial charge in [-0.1, -0.05) is 30.3 Å². The SMILES string of the molecule is Cc1ccccc1OC(C)C(=O)N1CCN(Cc2cccc(N)c2)CC1. The van der Waals surface area contributed by atoms with Gasteiger partial charge in [0.05, 0.1) is 0 Å². The molecule has 1 saturated heterocycles. The lowest BCUT2D eigenvalue weighted by molar-refractivity contribution is -0.139. The zero-order valence-corrected chi connectivity index (χ0v) is 15.5. The minimum absolute atomic E-state index is 0.0526. The lowest BCUT2D eigenvalue weighted by Gasteiger charge is -2.36. The molecule has 3 rings (SSSR count). The first-order valence-electron chi connectivity index (χ1n) is 9.11. The number of hydrogen-bond acceptors (Lipinski definition) is 4. The van der Waals surface area contributed by atoms with Crippen molar-refractivity contribution in [1.82, 2.24) is 9.80 Å². The van der Waals surface area contributed by atoms with Crippen molar-refractivity contribution in [2.24, 2.45) is 0 Å². The Morgan fingerprint density at radius 3 is 2.54 bits per heavy atom. The summed E-state index contributed by atoms with van der Waals surface area (Å²) in [6.07, 6.45) is -0.475. The maximum absolute atomic E-state index is 12.7. The smallest absolute Gasteiger partial charge is 0.263 e. The predicted octanol–water partition coefficient (Wildman–Crippen LogP) is 2.69. The van der Waals surface area contributed by atoms with Gasteiger partial charge in [0, 0.05) is 38.4 Å². The van der Waals surface area contributed by atoms with Crippen molar-refractivity contribution in [3.05, 3.63) is 59.7 Å². The number of piperazine rings is 1. The number of hydrogen-bond donors (Lipinski definition) is 1. The van der Waals surface area contributed by atoms with E-state index in [0.717, 1.165) is 49.7 Å². The van der Waals surface area contributed by atoms with Crippen molar-refractivity contribution in [3.63, 3.8) is 0 Å². The van der Waals surface area contributed by atoms with Gasteiger partial charge in [-0.3, -0.25) is 9.69 Å². The molecule has 5 heteroatoms. The molecule has 2 N–H and O–H groups in total. The lowest BCUT2D eigenvalue weighted by Crippen LogP contribution is -2.51. The van der Waals surface area contributed by atoms with Crippen LogP contribution in [0.15, 0.2) is 48.5 Å². The first-order chi connectivity index (χ1) is 12.5. The molecule has 5 nitrogen and oxygen atoms in total. The second-order valence-electron chi connectivity index (χ2n) is 6.87. The molecule has 0 saturated carbocycles. The lowest BCUT2D eigenvalue weighted by atomic mass is 10.1. The molecule has 0 bridgehead atoms. The van der Waals surface area contributed by atoms with Gasteiger partial charge < -0.3 is 15.4 Å². The summed E-state index contributed by atoms with van der Waals surface area (Å²) in [5.74, 6) is 0.825. The molecule has 1 fully saturated rings. The van der Waals surface area contributed by atoms with E-state index in [9.17, 15) is 4.79 Å². The van der Waals surface area contributed by atoms with Gasteiger partial charge in [-0.15, -0.1) is 0 Å². The van der Waals surface area contributed by atoms with Crippen molar-refractivity contribution < 1.29 is 9.53 Å². The number of para-hydroxylation sites is 1. The van der Waals surface area contributed by atoms with Gasteiger partial charge in [0.15, 0.2) is 6.10 Å². The van der Waals surface area contributed by atoms with Gasteiger partial charge in [-0.2, -0.15) is 0 Å². The molecule has 1 amide bonds. The maximum Gasteiger partial charge on any atom is 0.263 e. The summed E-state index contributed by atoms with van der Waals surface area (Å²) in [5, 5.41) is 0. The first-order valence-corrected chi connectivity index (χ1v) is 9.11. The van der Waals surface area contributed by atoms with Crippen molar-refractivity contribution >= 4 is 11.6 Å². The van der Waals surface area contributed by atoms with E-state index in [2.05, 4.69) is 11.0 Å². The molecule has 0 aliphatic carbocycles. The third kappa shape index (κ3) is 4.55. The van der Waals surface area contributed by atoms with Crippen molar-refractivity contribution in [2.75, 3.05) is 31.9 Å². The van der Waals surface area contributed by atoms with Gasteiger partial charge in [0.25, 0.3) is 5.91 Å². The number of ether oxygens (including phenoxy) is 1. The molecule has 0 aromatic heterocycles. The van der Waals surface area contributed by atoms with Crippen molar-refractivity contribution in [1.29, 1.82) is 0 Å². The van der Waals surface area contributed by atoms with E-state index in [-0.39, 0.29) is 5.91 Å². The third-order valence-corrected chi connectivity index (χ3v) is 4.79. The average Bonchev–Trinajstić information content (AvgIpc) is 2.64. The topological polar surface area (TPSA) is 58.8 Å². The highest BCUT2D eigenvalue weighted by Crippen LogP contribution is 2.19. The molecule has 2 aromatic carbocycles. The van der Waals surface area contributed by atoms with E-state index in [0.29, 0.717) is 0 Å². The Balaban J connectivity index is 1.51. The number of amides is 1. The number of rotatable bonds is 5. The summed E-state index contributed by atoms with van der Waals surface area (Å²) in [5.41, 5.74) is 8.89. The first kappa shape index (κ1) is 18.3. The molecule has 1 aliphatic heterocycles. The third-order valence-electron chi connectivity index (χ3n) is 4.79. The van der Waals surface area contributed by atoms with E-state index in [4.69, 9.17) is 10.5 Å². The number of nitrogens with zero attached hydrogens (tertiary/aromatic N) is 2. The quantitative estimate of drug-likeness (QED) is 0.840. The van der Waals surface area contributed by atoms with Crippen LogP contribution in [0.1, 0.15) is 18.1 Å². The summed E-state index contributed by atoms with van der Waals surface area (Å²) in [6.45, 7) is 7.85. The number of nitrogens with two attached hydrogens (primary N) is 1. The van der Waals surface area contributed by atoms with Gasteiger partial charge >= 0.3 is 0 Å². The Hall–Kier alpha value is -2.53. The molecule has 0 spiro atoms. The standard InChI is InChI=1S/C21H27N3O2/c1-16-6-3-4-9-20(16)26-17(2)21(25)24-12-10-23(11-13-24)15-18-7-5-8-19(22)14-18/h3-9,14,17H,10-13,15,22H2,1-2H3. The van der Waals surface area contributed by atoms with E-state index >= 15 is 0 Å². The van der Waals surface area contributed by atoms with Crippen LogP contribution in [0.2, 0.25) is 0 Å². The Labute approximate surface area is 155 Å². The van der Waals surface area contributed by atoms with E-state index in [1.54, 1.807) is 0 Å². The molecule has 0 radical (unpaired) electrons. The fraction of sp³-hybridized carbons (Fsp3) is 0.381. The Bertz CT molecular complexity index is 754. The maximum atomic E-state index is 12.7. The van der Waals surface area contributed by atoms with Crippen LogP contribution in [0.25, 0.3) is 0 Å². The van der Waals surface area contributed by atoms with Crippen LogP contribution in [0.3, 0.4) is 0 Å². The molecule has 26 heavy (non-hydrogen) atoms. The Kier molecular flexibility index (Phi) is 5.78. The molecule has 2 aromatic rings. The molecular weight excluding hydrogens is 326 g/mol. The molecule has 1 unspecified atom stereocenters. The number of carbonyl (C=O) groups is 1. The van der Waals surface area contributed by atoms with Crippen LogP contribution in [-0.4, -0.2) is 48.0 Å². The van der Waals surface area contributed by atoms with Gasteiger partial charge in [-0.25, -0.2) is 0 Å². The number of nitrogen functional groups attached to an aromatic ring is 1. The molecule has 1 heterocycles. The van der Waals surface area contributed by atoms with Crippen LogP contribution in [0, 0.1) is 6.92 Å². The Morgan fingerprint density at radius 2 is 1.85 bits per heavy atom. The minimum Gasteiger partial charge on any atom is -0.481 e. The number of aryl methyl sites for hydroxylation is 1. The summed E-state index contributed by atoms with van der Waals surface area (Å²) in [4.78, 5) is 16.9. The largest absolute Gasteiger partial charge is 0.481 e. The number of carbonyl (C=O) groups excluding carboxylic acids is 1. The van der Waals surface area contributed by atoms with Crippen LogP contribution < -0.4 is 10.5 Å². The van der Waals surface area contributed by atoms with Gasteiger partial charge in [0.1, 0.15) is 5.75 Å². The van der Waals surface area contributed by atoms with Crippen LogP contribution >= 0.6 is 0 Å². The summed E-state index contributed by atoms with van der Waals surface area (Å²) in [7, 11) is 0. The summed E-state index contributed by atoms with van der Waals surface area (Å²) in [6, 6.07) is 15.8. The minimum atomic E-state index is -0.475. The molecular formula is C21H27N3O2. The van der Waals surface area contributed by atoms with Crippen molar-refractivity contribution in [3.8, 4) is 5.75 Å². The average molecular weight is 353 g/mol. The van der Waals surface area contributed by atoms with E-state index in [1.807, 2.05) is 61.2 Å². The van der Waals surface area contributed by atoms with Crippen molar-refractivity contribution in [2.45, 2.75) is 26.5 Å². The Morgan fingerprint density at radius 1 is 1.12 bits per heavy atom. The van der Waals surface area contributed by atoms with Crippen LogP contribution in [0.5, 0.6) is 5.75 Å². The highest BCUT2D eigenvalue weighted by Gasteiger charge is 2.26. The monoisotopic (exact) mass is 353 g/mol.